The van der Waals surface area contributed by atoms with Crippen molar-refractivity contribution < 1.29 is 9.90 Å². The van der Waals surface area contributed by atoms with Crippen LogP contribution < -0.4 is 0 Å². The summed E-state index contributed by atoms with van der Waals surface area (Å²) in [6.45, 7) is 1.90. The molecule has 0 spiro atoms. The van der Waals surface area contributed by atoms with Crippen LogP contribution >= 0.6 is 11.3 Å². The zero-order valence-corrected chi connectivity index (χ0v) is 7.02. The maximum absolute atomic E-state index is 10.2. The van der Waals surface area contributed by atoms with Gasteiger partial charge in [-0.25, -0.2) is 4.98 Å². The highest BCUT2D eigenvalue weighted by Gasteiger charge is 2.01. The van der Waals surface area contributed by atoms with E-state index in [0.717, 1.165) is 10.7 Å². The van der Waals surface area contributed by atoms with E-state index in [-0.39, 0.29) is 6.42 Å². The predicted molar refractivity (Wildman–Crippen MR) is 42.8 cm³/mol. The molecule has 60 valence electrons. The normalized spacial score (nSPS) is 9.91. The molecule has 3 nitrogen and oxygen atoms in total. The fraction of sp³-hybridized carbons (Fsp3) is 0.429. The Hall–Kier alpha value is -0.900. The summed E-state index contributed by atoms with van der Waals surface area (Å²) in [6.07, 6.45) is 0.723. The summed E-state index contributed by atoms with van der Waals surface area (Å²) in [4.78, 5) is 14.3. The Kier molecular flexibility index (Phi) is 2.59. The lowest BCUT2D eigenvalue weighted by Gasteiger charge is -1.89. The molecule has 1 aromatic rings. The summed E-state index contributed by atoms with van der Waals surface area (Å²) < 4.78 is 0. The number of carboxylic acid groups (broad SMARTS) is 1. The number of carbonyl (C=O) groups is 1. The fourth-order valence-corrected chi connectivity index (χ4v) is 1.51. The van der Waals surface area contributed by atoms with Gasteiger partial charge in [-0.15, -0.1) is 11.3 Å². The van der Waals surface area contributed by atoms with Crippen LogP contribution in [-0.2, 0) is 11.2 Å². The number of hydrogen-bond acceptors (Lipinski definition) is 3. The van der Waals surface area contributed by atoms with Crippen LogP contribution in [0.2, 0.25) is 0 Å². The minimum atomic E-state index is -0.766. The quantitative estimate of drug-likeness (QED) is 0.749. The van der Waals surface area contributed by atoms with Gasteiger partial charge in [0.15, 0.2) is 0 Å². The molecule has 0 fully saturated rings. The molecule has 0 atom stereocenters. The Morgan fingerprint density at radius 1 is 1.82 bits per heavy atom. The molecule has 0 unspecified atom stereocenters. The molecule has 0 aliphatic carbocycles. The van der Waals surface area contributed by atoms with Gasteiger partial charge in [-0.05, 0) is 6.92 Å². The Morgan fingerprint density at radius 2 is 2.55 bits per heavy atom. The summed E-state index contributed by atoms with van der Waals surface area (Å²) in [7, 11) is 0. The second kappa shape index (κ2) is 3.48. The maximum Gasteiger partial charge on any atom is 0.303 e. The smallest absolute Gasteiger partial charge is 0.303 e. The number of hydrogen-bond donors (Lipinski definition) is 1. The van der Waals surface area contributed by atoms with Crippen molar-refractivity contribution in [2.75, 3.05) is 0 Å². The third kappa shape index (κ3) is 2.67. The van der Waals surface area contributed by atoms with E-state index in [0.29, 0.717) is 6.42 Å². The van der Waals surface area contributed by atoms with Crippen molar-refractivity contribution >= 4 is 17.3 Å². The largest absolute Gasteiger partial charge is 0.481 e. The van der Waals surface area contributed by atoms with E-state index >= 15 is 0 Å². The molecule has 0 bridgehead atoms. The van der Waals surface area contributed by atoms with Crippen LogP contribution in [0.3, 0.4) is 0 Å². The number of rotatable bonds is 3. The Morgan fingerprint density at radius 3 is 3.00 bits per heavy atom. The molecular weight excluding hydrogens is 162 g/mol. The van der Waals surface area contributed by atoms with Gasteiger partial charge in [0, 0.05) is 17.5 Å². The summed E-state index contributed by atoms with van der Waals surface area (Å²) >= 11 is 1.52. The second-order valence-electron chi connectivity index (χ2n) is 2.28. The molecule has 0 aliphatic heterocycles. The van der Waals surface area contributed by atoms with E-state index in [1.165, 1.54) is 11.3 Å². The molecule has 0 radical (unpaired) electrons. The Bertz CT molecular complexity index is 257. The molecule has 11 heavy (non-hydrogen) atoms. The van der Waals surface area contributed by atoms with Crippen molar-refractivity contribution in [3.63, 3.8) is 0 Å². The van der Waals surface area contributed by atoms with Gasteiger partial charge in [-0.1, -0.05) is 0 Å². The molecule has 0 amide bonds. The average molecular weight is 171 g/mol. The van der Waals surface area contributed by atoms with Gasteiger partial charge in [0.2, 0.25) is 0 Å². The van der Waals surface area contributed by atoms with E-state index in [2.05, 4.69) is 4.98 Å². The first-order valence-corrected chi connectivity index (χ1v) is 4.19. The highest BCUT2D eigenvalue weighted by molar-refractivity contribution is 7.09. The zero-order valence-electron chi connectivity index (χ0n) is 6.20. The molecule has 1 rings (SSSR count). The van der Waals surface area contributed by atoms with Gasteiger partial charge in [-0.2, -0.15) is 0 Å². The number of thiazole rings is 1. The van der Waals surface area contributed by atoms with E-state index in [4.69, 9.17) is 5.11 Å². The second-order valence-corrected chi connectivity index (χ2v) is 3.22. The number of aryl methyl sites for hydroxylation is 2. The number of aromatic nitrogens is 1. The van der Waals surface area contributed by atoms with Crippen molar-refractivity contribution in [3.05, 3.63) is 16.1 Å². The van der Waals surface area contributed by atoms with E-state index in [1.807, 2.05) is 12.3 Å². The Labute approximate surface area is 68.7 Å². The first-order chi connectivity index (χ1) is 5.18. The van der Waals surface area contributed by atoms with Crippen LogP contribution in [-0.4, -0.2) is 16.1 Å². The topological polar surface area (TPSA) is 50.2 Å². The summed E-state index contributed by atoms with van der Waals surface area (Å²) in [5, 5.41) is 11.2. The molecule has 0 saturated carbocycles. The molecule has 1 aromatic heterocycles. The Balaban J connectivity index is 2.45. The molecular formula is C7H9NO2S. The SMILES string of the molecule is Cc1csc(CCC(=O)O)n1. The van der Waals surface area contributed by atoms with Crippen molar-refractivity contribution in [2.24, 2.45) is 0 Å². The van der Waals surface area contributed by atoms with Crippen LogP contribution in [0.4, 0.5) is 0 Å². The highest BCUT2D eigenvalue weighted by Crippen LogP contribution is 2.10. The number of aliphatic carboxylic acids is 1. The summed E-state index contributed by atoms with van der Waals surface area (Å²) in [5.41, 5.74) is 0.968. The van der Waals surface area contributed by atoms with E-state index in [1.54, 1.807) is 0 Å². The zero-order chi connectivity index (χ0) is 8.27. The van der Waals surface area contributed by atoms with Crippen molar-refractivity contribution in [2.45, 2.75) is 19.8 Å². The van der Waals surface area contributed by atoms with Gasteiger partial charge in [0.25, 0.3) is 0 Å². The van der Waals surface area contributed by atoms with Crippen LogP contribution in [0.25, 0.3) is 0 Å². The molecule has 4 heteroatoms. The molecule has 0 aliphatic rings. The summed E-state index contributed by atoms with van der Waals surface area (Å²) in [5.74, 6) is -0.766. The van der Waals surface area contributed by atoms with E-state index in [9.17, 15) is 4.79 Å². The highest BCUT2D eigenvalue weighted by atomic mass is 32.1. The van der Waals surface area contributed by atoms with Gasteiger partial charge >= 0.3 is 5.97 Å². The first-order valence-electron chi connectivity index (χ1n) is 3.31. The lowest BCUT2D eigenvalue weighted by atomic mass is 10.3. The average Bonchev–Trinajstić information content (AvgIpc) is 2.31. The maximum atomic E-state index is 10.2. The van der Waals surface area contributed by atoms with E-state index < -0.39 is 5.97 Å². The van der Waals surface area contributed by atoms with Gasteiger partial charge < -0.3 is 5.11 Å². The van der Waals surface area contributed by atoms with Crippen LogP contribution in [0.1, 0.15) is 17.1 Å². The summed E-state index contributed by atoms with van der Waals surface area (Å²) in [6, 6.07) is 0. The lowest BCUT2D eigenvalue weighted by molar-refractivity contribution is -0.136. The van der Waals surface area contributed by atoms with Crippen LogP contribution in [0.5, 0.6) is 0 Å². The fourth-order valence-electron chi connectivity index (χ4n) is 0.731. The molecule has 1 heterocycles. The van der Waals surface area contributed by atoms with Crippen LogP contribution in [0, 0.1) is 6.92 Å². The third-order valence-corrected chi connectivity index (χ3v) is 2.25. The lowest BCUT2D eigenvalue weighted by Crippen LogP contribution is -1.96. The monoisotopic (exact) mass is 171 g/mol. The van der Waals surface area contributed by atoms with Crippen LogP contribution in [0.15, 0.2) is 5.38 Å². The first kappa shape index (κ1) is 8.20. The van der Waals surface area contributed by atoms with Gasteiger partial charge in [0.1, 0.15) is 0 Å². The minimum absolute atomic E-state index is 0.174. The van der Waals surface area contributed by atoms with Gasteiger partial charge in [-0.3, -0.25) is 4.79 Å². The van der Waals surface area contributed by atoms with Crippen molar-refractivity contribution in [1.29, 1.82) is 0 Å². The standard InChI is InChI=1S/C7H9NO2S/c1-5-4-11-6(8-5)2-3-7(9)10/h4H,2-3H2,1H3,(H,9,10). The molecule has 0 saturated heterocycles. The van der Waals surface area contributed by atoms with Crippen molar-refractivity contribution in [3.8, 4) is 0 Å². The number of carboxylic acids is 1. The predicted octanol–water partition coefficient (Wildman–Crippen LogP) is 1.47. The molecule has 0 aromatic carbocycles. The third-order valence-electron chi connectivity index (χ3n) is 1.22. The van der Waals surface area contributed by atoms with Crippen molar-refractivity contribution in [1.82, 2.24) is 4.98 Å². The number of nitrogens with zero attached hydrogens (tertiary/aromatic N) is 1. The molecule has 1 N–H and O–H groups in total. The minimum Gasteiger partial charge on any atom is -0.481 e. The van der Waals surface area contributed by atoms with Gasteiger partial charge in [0.05, 0.1) is 11.4 Å².